The second-order valence-electron chi connectivity index (χ2n) is 5.36. The van der Waals surface area contributed by atoms with Gasteiger partial charge in [0.2, 0.25) is 0 Å². The Hall–Kier alpha value is -2.50. The maximum Gasteiger partial charge on any atom is 0.412 e. The lowest BCUT2D eigenvalue weighted by atomic mass is 10.1. The van der Waals surface area contributed by atoms with E-state index >= 15 is 0 Å². The highest BCUT2D eigenvalue weighted by molar-refractivity contribution is 6.06. The van der Waals surface area contributed by atoms with Gasteiger partial charge in [0, 0.05) is 30.2 Å². The van der Waals surface area contributed by atoms with Gasteiger partial charge >= 0.3 is 12.1 Å². The number of carbonyl (C=O) groups is 2. The van der Waals surface area contributed by atoms with Gasteiger partial charge in [-0.1, -0.05) is 13.3 Å². The van der Waals surface area contributed by atoms with Crippen molar-refractivity contribution in [2.24, 2.45) is 7.05 Å². The number of unbranched alkanes of at least 4 members (excludes halogenated alkanes) is 1. The number of aryl methyl sites for hydroxylation is 1. The van der Waals surface area contributed by atoms with Crippen molar-refractivity contribution in [2.75, 3.05) is 13.7 Å². The third kappa shape index (κ3) is 3.47. The largest absolute Gasteiger partial charge is 0.465 e. The number of rotatable bonds is 5. The van der Waals surface area contributed by atoms with Crippen LogP contribution < -0.4 is 10.1 Å². The number of nitrogens with zero attached hydrogens (tertiary/aromatic N) is 1. The lowest BCUT2D eigenvalue weighted by molar-refractivity contribution is 0.0602. The van der Waals surface area contributed by atoms with E-state index in [4.69, 9.17) is 9.47 Å². The van der Waals surface area contributed by atoms with Crippen molar-refractivity contribution in [2.45, 2.75) is 26.7 Å². The Bertz CT molecular complexity index is 734. The van der Waals surface area contributed by atoms with E-state index in [1.165, 1.54) is 7.11 Å². The third-order valence-corrected chi connectivity index (χ3v) is 3.86. The van der Waals surface area contributed by atoms with E-state index in [0.717, 1.165) is 24.1 Å². The van der Waals surface area contributed by atoms with Crippen molar-refractivity contribution >= 4 is 23.0 Å². The first-order valence-corrected chi connectivity index (χ1v) is 7.62. The van der Waals surface area contributed by atoms with E-state index in [9.17, 15) is 9.59 Å². The molecular formula is C17H22N2O4. The Morgan fingerprint density at radius 1 is 1.30 bits per heavy atom. The topological polar surface area (TPSA) is 69.6 Å². The fourth-order valence-corrected chi connectivity index (χ4v) is 2.48. The van der Waals surface area contributed by atoms with Crippen molar-refractivity contribution in [1.29, 1.82) is 0 Å². The maximum atomic E-state index is 12.0. The van der Waals surface area contributed by atoms with Gasteiger partial charge in [0.05, 0.1) is 12.7 Å². The molecule has 6 nitrogen and oxygen atoms in total. The van der Waals surface area contributed by atoms with E-state index in [1.54, 1.807) is 12.1 Å². The first-order chi connectivity index (χ1) is 11.0. The molecule has 2 aromatic rings. The molecule has 6 heteroatoms. The lowest BCUT2D eigenvalue weighted by Gasteiger charge is -2.06. The Kier molecular flexibility index (Phi) is 5.26. The van der Waals surface area contributed by atoms with Crippen LogP contribution in [0, 0.1) is 6.92 Å². The number of nitrogens with one attached hydrogen (secondary N) is 1. The molecule has 2 rings (SSSR count). The maximum absolute atomic E-state index is 12.0. The number of fused-ring (bicyclic) bond motifs is 1. The van der Waals surface area contributed by atoms with Crippen molar-refractivity contribution in [3.63, 3.8) is 0 Å². The minimum atomic E-state index is -0.495. The highest BCUT2D eigenvalue weighted by Crippen LogP contribution is 2.29. The molecule has 1 aromatic heterocycles. The molecule has 1 aromatic carbocycles. The van der Waals surface area contributed by atoms with Gasteiger partial charge in [0.25, 0.3) is 0 Å². The predicted molar refractivity (Wildman–Crippen MR) is 87.9 cm³/mol. The van der Waals surface area contributed by atoms with E-state index in [1.807, 2.05) is 31.5 Å². The van der Waals surface area contributed by atoms with Crippen LogP contribution in [-0.4, -0.2) is 30.3 Å². The summed E-state index contributed by atoms with van der Waals surface area (Å²) in [5.41, 5.74) is 2.17. The standard InChI is InChI=1S/C17H22N2O4/c1-5-6-9-18-17(21)23-12-7-8-14-13(10-12)15(16(20)22-4)11(2)19(14)3/h7-8,10H,5-6,9H2,1-4H3,(H,18,21). The summed E-state index contributed by atoms with van der Waals surface area (Å²) >= 11 is 0. The minimum absolute atomic E-state index is 0.391. The van der Waals surface area contributed by atoms with Gasteiger partial charge in [-0.3, -0.25) is 0 Å². The fourth-order valence-electron chi connectivity index (χ4n) is 2.48. The molecule has 0 aliphatic heterocycles. The van der Waals surface area contributed by atoms with Crippen LogP contribution in [-0.2, 0) is 11.8 Å². The summed E-state index contributed by atoms with van der Waals surface area (Å²) in [6.07, 6.45) is 1.40. The normalized spacial score (nSPS) is 10.6. The number of esters is 1. The Balaban J connectivity index is 2.31. The predicted octanol–water partition coefficient (Wildman–Crippen LogP) is 3.16. The zero-order valence-electron chi connectivity index (χ0n) is 13.9. The van der Waals surface area contributed by atoms with Crippen LogP contribution in [0.2, 0.25) is 0 Å². The highest BCUT2D eigenvalue weighted by atomic mass is 16.6. The van der Waals surface area contributed by atoms with E-state index in [-0.39, 0.29) is 0 Å². The monoisotopic (exact) mass is 318 g/mol. The molecule has 0 aliphatic rings. The number of methoxy groups -OCH3 is 1. The number of hydrogen-bond donors (Lipinski definition) is 1. The second kappa shape index (κ2) is 7.17. The van der Waals surface area contributed by atoms with Gasteiger partial charge in [-0.05, 0) is 31.5 Å². The molecule has 124 valence electrons. The zero-order valence-corrected chi connectivity index (χ0v) is 13.9. The summed E-state index contributed by atoms with van der Waals surface area (Å²) in [4.78, 5) is 23.8. The summed E-state index contributed by atoms with van der Waals surface area (Å²) in [6, 6.07) is 5.22. The SMILES string of the molecule is CCCCNC(=O)Oc1ccc2c(c1)c(C(=O)OC)c(C)n2C. The molecule has 0 saturated heterocycles. The summed E-state index contributed by atoms with van der Waals surface area (Å²) in [5, 5.41) is 3.39. The molecule has 0 radical (unpaired) electrons. The Morgan fingerprint density at radius 2 is 2.04 bits per heavy atom. The van der Waals surface area contributed by atoms with E-state index in [0.29, 0.717) is 23.2 Å². The lowest BCUT2D eigenvalue weighted by Crippen LogP contribution is -2.27. The Labute approximate surface area is 135 Å². The molecule has 0 unspecified atom stereocenters. The quantitative estimate of drug-likeness (QED) is 0.679. The first-order valence-electron chi connectivity index (χ1n) is 7.62. The van der Waals surface area contributed by atoms with Crippen LogP contribution in [0.15, 0.2) is 18.2 Å². The van der Waals surface area contributed by atoms with Gasteiger partial charge in [-0.15, -0.1) is 0 Å². The average Bonchev–Trinajstić information content (AvgIpc) is 2.78. The number of ether oxygens (including phenoxy) is 2. The van der Waals surface area contributed by atoms with E-state index in [2.05, 4.69) is 5.32 Å². The molecule has 0 bridgehead atoms. The Morgan fingerprint density at radius 3 is 2.70 bits per heavy atom. The third-order valence-electron chi connectivity index (χ3n) is 3.86. The molecule has 1 heterocycles. The number of benzene rings is 1. The number of aromatic nitrogens is 1. The molecular weight excluding hydrogens is 296 g/mol. The van der Waals surface area contributed by atoms with Crippen LogP contribution in [0.3, 0.4) is 0 Å². The highest BCUT2D eigenvalue weighted by Gasteiger charge is 2.20. The first kappa shape index (κ1) is 16.9. The van der Waals surface area contributed by atoms with Crippen LogP contribution in [0.4, 0.5) is 4.79 Å². The fraction of sp³-hybridized carbons (Fsp3) is 0.412. The van der Waals surface area contributed by atoms with Crippen molar-refractivity contribution < 1.29 is 19.1 Å². The second-order valence-corrected chi connectivity index (χ2v) is 5.36. The summed E-state index contributed by atoms with van der Waals surface area (Å²) in [7, 11) is 3.23. The number of hydrogen-bond acceptors (Lipinski definition) is 4. The molecule has 0 atom stereocenters. The van der Waals surface area contributed by atoms with Crippen molar-refractivity contribution in [1.82, 2.24) is 9.88 Å². The number of carbonyl (C=O) groups excluding carboxylic acids is 2. The number of amides is 1. The van der Waals surface area contributed by atoms with E-state index < -0.39 is 12.1 Å². The van der Waals surface area contributed by atoms with Gasteiger partial charge in [0.1, 0.15) is 5.75 Å². The van der Waals surface area contributed by atoms with Gasteiger partial charge < -0.3 is 19.4 Å². The molecule has 0 saturated carbocycles. The van der Waals surface area contributed by atoms with Crippen LogP contribution in [0.1, 0.15) is 35.8 Å². The molecule has 0 aliphatic carbocycles. The van der Waals surface area contributed by atoms with Gasteiger partial charge in [0.15, 0.2) is 0 Å². The summed E-state index contributed by atoms with van der Waals surface area (Å²) < 4.78 is 12.0. The van der Waals surface area contributed by atoms with Gasteiger partial charge in [-0.2, -0.15) is 0 Å². The van der Waals surface area contributed by atoms with Crippen molar-refractivity contribution in [3.8, 4) is 5.75 Å². The van der Waals surface area contributed by atoms with Crippen LogP contribution in [0.25, 0.3) is 10.9 Å². The average molecular weight is 318 g/mol. The molecule has 0 fully saturated rings. The minimum Gasteiger partial charge on any atom is -0.465 e. The summed E-state index contributed by atoms with van der Waals surface area (Å²) in [5.74, 6) is -0.0140. The van der Waals surface area contributed by atoms with Crippen LogP contribution in [0.5, 0.6) is 5.75 Å². The van der Waals surface area contributed by atoms with Gasteiger partial charge in [-0.25, -0.2) is 9.59 Å². The molecule has 1 N–H and O–H groups in total. The zero-order chi connectivity index (χ0) is 17.0. The molecule has 0 spiro atoms. The smallest absolute Gasteiger partial charge is 0.412 e. The molecule has 1 amide bonds. The molecule has 23 heavy (non-hydrogen) atoms. The van der Waals surface area contributed by atoms with Crippen LogP contribution >= 0.6 is 0 Å². The van der Waals surface area contributed by atoms with Crippen molar-refractivity contribution in [3.05, 3.63) is 29.5 Å². The summed E-state index contributed by atoms with van der Waals surface area (Å²) in [6.45, 7) is 4.48.